The fraction of sp³-hybridized carbons (Fsp3) is 0.333. The van der Waals surface area contributed by atoms with E-state index in [1.165, 1.54) is 11.1 Å². The Hall–Kier alpha value is -0.863. The van der Waals surface area contributed by atoms with Crippen LogP contribution in [0.4, 0.5) is 0 Å². The van der Waals surface area contributed by atoms with Crippen molar-refractivity contribution in [1.82, 2.24) is 0 Å². The highest BCUT2D eigenvalue weighted by molar-refractivity contribution is 5.98. The molecule has 0 aliphatic carbocycles. The van der Waals surface area contributed by atoms with Gasteiger partial charge in [-0.05, 0) is 31.4 Å². The zero-order valence-electron chi connectivity index (χ0n) is 9.21. The molecule has 0 amide bonds. The molecule has 0 aliphatic heterocycles. The standard InChI is InChI=1S/C12H18OSi/c1-4-10-5-7-11(8-6-10)9-12(2,3)13-14/h4-8H,1,9H2,2-3,14H3. The molecule has 0 fully saturated rings. The van der Waals surface area contributed by atoms with Crippen molar-refractivity contribution >= 4 is 16.6 Å². The first-order valence-corrected chi connectivity index (χ1v) is 5.65. The lowest BCUT2D eigenvalue weighted by Gasteiger charge is -2.23. The van der Waals surface area contributed by atoms with E-state index in [4.69, 9.17) is 4.43 Å². The predicted molar refractivity (Wildman–Crippen MR) is 65.3 cm³/mol. The van der Waals surface area contributed by atoms with E-state index in [0.717, 1.165) is 16.9 Å². The first-order chi connectivity index (χ1) is 6.57. The molecule has 1 rings (SSSR count). The minimum atomic E-state index is -0.0259. The molecule has 0 radical (unpaired) electrons. The highest BCUT2D eigenvalue weighted by Gasteiger charge is 2.15. The molecule has 1 nitrogen and oxygen atoms in total. The van der Waals surface area contributed by atoms with Crippen LogP contribution < -0.4 is 0 Å². The van der Waals surface area contributed by atoms with Crippen molar-refractivity contribution in [1.29, 1.82) is 0 Å². The highest BCUT2D eigenvalue weighted by Crippen LogP contribution is 2.16. The lowest BCUT2D eigenvalue weighted by molar-refractivity contribution is 0.124. The van der Waals surface area contributed by atoms with Gasteiger partial charge in [0.15, 0.2) is 0 Å². The van der Waals surface area contributed by atoms with Gasteiger partial charge in [-0.1, -0.05) is 36.9 Å². The summed E-state index contributed by atoms with van der Waals surface area (Å²) in [6.45, 7) is 7.99. The molecule has 0 saturated carbocycles. The van der Waals surface area contributed by atoms with Crippen LogP contribution in [0.25, 0.3) is 6.08 Å². The van der Waals surface area contributed by atoms with Gasteiger partial charge in [-0.25, -0.2) is 0 Å². The molecule has 0 heterocycles. The monoisotopic (exact) mass is 206 g/mol. The molecular weight excluding hydrogens is 188 g/mol. The van der Waals surface area contributed by atoms with E-state index in [0.29, 0.717) is 0 Å². The lowest BCUT2D eigenvalue weighted by atomic mass is 9.98. The van der Waals surface area contributed by atoms with Crippen molar-refractivity contribution in [3.63, 3.8) is 0 Å². The molecule has 0 unspecified atom stereocenters. The van der Waals surface area contributed by atoms with Gasteiger partial charge in [-0.2, -0.15) is 0 Å². The van der Waals surface area contributed by atoms with Gasteiger partial charge in [0.1, 0.15) is 10.5 Å². The molecular formula is C12H18OSi. The van der Waals surface area contributed by atoms with Crippen molar-refractivity contribution in [3.8, 4) is 0 Å². The van der Waals surface area contributed by atoms with Gasteiger partial charge >= 0.3 is 0 Å². The summed E-state index contributed by atoms with van der Waals surface area (Å²) in [5, 5.41) is 0. The summed E-state index contributed by atoms with van der Waals surface area (Å²) in [6.07, 6.45) is 2.83. The highest BCUT2D eigenvalue weighted by atomic mass is 28.2. The number of rotatable bonds is 4. The fourth-order valence-corrected chi connectivity index (χ4v) is 1.48. The van der Waals surface area contributed by atoms with Gasteiger partial charge in [0.05, 0.1) is 5.60 Å². The third-order valence-corrected chi connectivity index (χ3v) is 3.50. The maximum absolute atomic E-state index is 5.52. The van der Waals surface area contributed by atoms with Crippen molar-refractivity contribution in [3.05, 3.63) is 42.0 Å². The Morgan fingerprint density at radius 3 is 2.36 bits per heavy atom. The maximum Gasteiger partial charge on any atom is 0.146 e. The van der Waals surface area contributed by atoms with Crippen molar-refractivity contribution in [2.45, 2.75) is 25.9 Å². The van der Waals surface area contributed by atoms with Crippen LogP contribution >= 0.6 is 0 Å². The maximum atomic E-state index is 5.52. The summed E-state index contributed by atoms with van der Waals surface area (Å²) in [7, 11) is 0.791. The molecule has 0 N–H and O–H groups in total. The molecule has 0 saturated heterocycles. The summed E-state index contributed by atoms with van der Waals surface area (Å²) in [4.78, 5) is 0. The Kier molecular flexibility index (Phi) is 3.67. The largest absolute Gasteiger partial charge is 0.423 e. The van der Waals surface area contributed by atoms with E-state index in [1.54, 1.807) is 0 Å². The first kappa shape index (κ1) is 11.2. The smallest absolute Gasteiger partial charge is 0.146 e. The molecule has 0 bridgehead atoms. The number of benzene rings is 1. The molecule has 0 aliphatic rings. The molecule has 76 valence electrons. The van der Waals surface area contributed by atoms with Crippen LogP contribution in [-0.4, -0.2) is 16.1 Å². The lowest BCUT2D eigenvalue weighted by Crippen LogP contribution is -2.26. The third kappa shape index (κ3) is 3.12. The van der Waals surface area contributed by atoms with Gasteiger partial charge < -0.3 is 4.43 Å². The molecule has 0 atom stereocenters. The number of hydrogen-bond acceptors (Lipinski definition) is 1. The van der Waals surface area contributed by atoms with Gasteiger partial charge in [0.2, 0.25) is 0 Å². The summed E-state index contributed by atoms with van der Waals surface area (Å²) in [6, 6.07) is 8.45. The second-order valence-electron chi connectivity index (χ2n) is 4.09. The molecule has 0 aromatic heterocycles. The van der Waals surface area contributed by atoms with Crippen LogP contribution in [0, 0.1) is 0 Å². The Morgan fingerprint density at radius 1 is 1.36 bits per heavy atom. The van der Waals surface area contributed by atoms with Crippen LogP contribution in [0.1, 0.15) is 25.0 Å². The Bertz CT molecular complexity index is 301. The van der Waals surface area contributed by atoms with Gasteiger partial charge in [0, 0.05) is 0 Å². The SMILES string of the molecule is C=Cc1ccc(CC(C)(C)O[SiH3])cc1. The Morgan fingerprint density at radius 2 is 1.93 bits per heavy atom. The molecule has 1 aromatic rings. The zero-order valence-corrected chi connectivity index (χ0v) is 11.2. The van der Waals surface area contributed by atoms with E-state index in [1.807, 2.05) is 6.08 Å². The van der Waals surface area contributed by atoms with Gasteiger partial charge in [-0.3, -0.25) is 0 Å². The average Bonchev–Trinajstić information content (AvgIpc) is 2.19. The average molecular weight is 206 g/mol. The van der Waals surface area contributed by atoms with E-state index in [2.05, 4.69) is 44.7 Å². The van der Waals surface area contributed by atoms with Crippen LogP contribution in [0.3, 0.4) is 0 Å². The topological polar surface area (TPSA) is 9.23 Å². The van der Waals surface area contributed by atoms with E-state index in [-0.39, 0.29) is 5.60 Å². The zero-order chi connectivity index (χ0) is 10.6. The quantitative estimate of drug-likeness (QED) is 0.684. The molecule has 14 heavy (non-hydrogen) atoms. The molecule has 2 heteroatoms. The minimum absolute atomic E-state index is 0.0259. The second kappa shape index (κ2) is 4.58. The Labute approximate surface area is 89.3 Å². The Balaban J connectivity index is 2.73. The normalized spacial score (nSPS) is 11.6. The predicted octanol–water partition coefficient (Wildman–Crippen LogP) is 1.95. The summed E-state index contributed by atoms with van der Waals surface area (Å²) in [5.41, 5.74) is 2.46. The van der Waals surface area contributed by atoms with Crippen LogP contribution in [0.5, 0.6) is 0 Å². The van der Waals surface area contributed by atoms with E-state index in [9.17, 15) is 0 Å². The van der Waals surface area contributed by atoms with Crippen LogP contribution in [0.2, 0.25) is 0 Å². The van der Waals surface area contributed by atoms with E-state index < -0.39 is 0 Å². The minimum Gasteiger partial charge on any atom is -0.423 e. The van der Waals surface area contributed by atoms with Crippen LogP contribution in [-0.2, 0) is 10.8 Å². The van der Waals surface area contributed by atoms with Crippen LogP contribution in [0.15, 0.2) is 30.8 Å². The summed E-state index contributed by atoms with van der Waals surface area (Å²) < 4.78 is 5.52. The number of hydrogen-bond donors (Lipinski definition) is 0. The molecule has 1 aromatic carbocycles. The van der Waals surface area contributed by atoms with E-state index >= 15 is 0 Å². The van der Waals surface area contributed by atoms with Gasteiger partial charge in [0.25, 0.3) is 0 Å². The summed E-state index contributed by atoms with van der Waals surface area (Å²) >= 11 is 0. The molecule has 0 spiro atoms. The van der Waals surface area contributed by atoms with Crippen molar-refractivity contribution in [2.24, 2.45) is 0 Å². The second-order valence-corrected chi connectivity index (χ2v) is 4.49. The van der Waals surface area contributed by atoms with Gasteiger partial charge in [-0.15, -0.1) is 0 Å². The van der Waals surface area contributed by atoms with Crippen molar-refractivity contribution in [2.75, 3.05) is 0 Å². The van der Waals surface area contributed by atoms with Crippen molar-refractivity contribution < 1.29 is 4.43 Å². The first-order valence-electron chi connectivity index (χ1n) is 4.84. The summed E-state index contributed by atoms with van der Waals surface area (Å²) in [5.74, 6) is 0. The fourth-order valence-electron chi connectivity index (χ4n) is 1.34. The third-order valence-electron chi connectivity index (χ3n) is 2.40.